The molecule has 0 fully saturated rings. The molecule has 1 N–H and O–H groups in total. The summed E-state index contributed by atoms with van der Waals surface area (Å²) in [7, 11) is 0. The van der Waals surface area contributed by atoms with Crippen LogP contribution in [-0.2, 0) is 4.79 Å². The summed E-state index contributed by atoms with van der Waals surface area (Å²) in [4.78, 5) is 33.0. The number of nitriles is 1. The monoisotopic (exact) mass is 352 g/mol. The van der Waals surface area contributed by atoms with E-state index in [9.17, 15) is 30.3 Å². The fourth-order valence-electron chi connectivity index (χ4n) is 2.13. The Kier molecular flexibility index (Phi) is 5.40. The Labute approximate surface area is 147 Å². The fraction of sp³-hybridized carbons (Fsp3) is 0.0588. The molecule has 1 amide bonds. The summed E-state index contributed by atoms with van der Waals surface area (Å²) in [5, 5.41) is 33.5. The van der Waals surface area contributed by atoms with E-state index in [1.165, 1.54) is 42.5 Å². The third-order valence-corrected chi connectivity index (χ3v) is 3.48. The van der Waals surface area contributed by atoms with Crippen molar-refractivity contribution in [3.63, 3.8) is 0 Å². The van der Waals surface area contributed by atoms with Gasteiger partial charge >= 0.3 is 0 Å². The van der Waals surface area contributed by atoms with E-state index < -0.39 is 15.8 Å². The van der Waals surface area contributed by atoms with Gasteiger partial charge in [-0.2, -0.15) is 5.26 Å². The lowest BCUT2D eigenvalue weighted by atomic mass is 10.1. The van der Waals surface area contributed by atoms with Crippen LogP contribution in [0.25, 0.3) is 6.08 Å². The number of hydrogen-bond acceptors (Lipinski definition) is 6. The summed E-state index contributed by atoms with van der Waals surface area (Å²) in [6, 6.07) is 11.3. The Morgan fingerprint density at radius 3 is 2.46 bits per heavy atom. The highest BCUT2D eigenvalue weighted by molar-refractivity contribution is 6.10. The van der Waals surface area contributed by atoms with Crippen LogP contribution in [0.2, 0.25) is 0 Å². The predicted molar refractivity (Wildman–Crippen MR) is 93.1 cm³/mol. The van der Waals surface area contributed by atoms with Gasteiger partial charge in [-0.25, -0.2) is 0 Å². The number of rotatable bonds is 5. The predicted octanol–water partition coefficient (Wildman–Crippen LogP) is 3.36. The number of hydrogen-bond donors (Lipinski definition) is 1. The van der Waals surface area contributed by atoms with Crippen molar-refractivity contribution >= 4 is 29.0 Å². The largest absolute Gasteiger partial charge is 0.321 e. The summed E-state index contributed by atoms with van der Waals surface area (Å²) in [5.41, 5.74) is -0.00308. The van der Waals surface area contributed by atoms with Gasteiger partial charge in [-0.3, -0.25) is 25.0 Å². The Bertz CT molecular complexity index is 975. The maximum atomic E-state index is 12.3. The number of nitrogens with zero attached hydrogens (tertiary/aromatic N) is 3. The lowest BCUT2D eigenvalue weighted by Gasteiger charge is -2.07. The molecule has 0 unspecified atom stereocenters. The minimum absolute atomic E-state index is 0.0972. The average Bonchev–Trinajstić information content (AvgIpc) is 2.61. The first-order valence-electron chi connectivity index (χ1n) is 7.25. The van der Waals surface area contributed by atoms with Gasteiger partial charge in [-0.05, 0) is 24.6 Å². The molecule has 2 aromatic carbocycles. The molecule has 0 saturated heterocycles. The van der Waals surface area contributed by atoms with Crippen molar-refractivity contribution in [1.29, 1.82) is 5.26 Å². The van der Waals surface area contributed by atoms with Crippen LogP contribution >= 0.6 is 0 Å². The van der Waals surface area contributed by atoms with Crippen molar-refractivity contribution in [3.05, 3.63) is 79.4 Å². The number of aryl methyl sites for hydroxylation is 1. The van der Waals surface area contributed by atoms with Crippen LogP contribution in [0.3, 0.4) is 0 Å². The molecule has 0 bridgehead atoms. The van der Waals surface area contributed by atoms with Crippen LogP contribution < -0.4 is 5.32 Å². The molecule has 9 heteroatoms. The highest BCUT2D eigenvalue weighted by atomic mass is 16.6. The second kappa shape index (κ2) is 7.67. The van der Waals surface area contributed by atoms with Crippen LogP contribution in [0.5, 0.6) is 0 Å². The van der Waals surface area contributed by atoms with Gasteiger partial charge < -0.3 is 5.32 Å². The first-order chi connectivity index (χ1) is 12.3. The fourth-order valence-corrected chi connectivity index (χ4v) is 2.13. The molecule has 0 aliphatic rings. The first kappa shape index (κ1) is 18.3. The van der Waals surface area contributed by atoms with Gasteiger partial charge in [-0.1, -0.05) is 18.2 Å². The highest BCUT2D eigenvalue weighted by Gasteiger charge is 2.17. The molecule has 130 valence electrons. The number of carbonyl (C=O) groups is 1. The van der Waals surface area contributed by atoms with E-state index in [0.717, 1.165) is 6.08 Å². The van der Waals surface area contributed by atoms with E-state index in [1.54, 1.807) is 13.0 Å². The van der Waals surface area contributed by atoms with Crippen LogP contribution in [0, 0.1) is 38.5 Å². The summed E-state index contributed by atoms with van der Waals surface area (Å²) in [6.45, 7) is 1.64. The van der Waals surface area contributed by atoms with Gasteiger partial charge in [0.2, 0.25) is 0 Å². The number of nitrogens with one attached hydrogen (secondary N) is 1. The van der Waals surface area contributed by atoms with Crippen molar-refractivity contribution in [1.82, 2.24) is 0 Å². The van der Waals surface area contributed by atoms with Crippen molar-refractivity contribution in [2.75, 3.05) is 5.32 Å². The van der Waals surface area contributed by atoms with E-state index in [-0.39, 0.29) is 28.2 Å². The molecule has 0 atom stereocenters. The smallest absolute Gasteiger partial charge is 0.276 e. The molecule has 2 rings (SSSR count). The van der Waals surface area contributed by atoms with Crippen molar-refractivity contribution in [2.24, 2.45) is 0 Å². The van der Waals surface area contributed by atoms with E-state index >= 15 is 0 Å². The molecule has 0 spiro atoms. The zero-order chi connectivity index (χ0) is 19.3. The summed E-state index contributed by atoms with van der Waals surface area (Å²) in [5.74, 6) is -0.825. The maximum Gasteiger partial charge on any atom is 0.276 e. The molecular formula is C17H12N4O5. The van der Waals surface area contributed by atoms with Gasteiger partial charge in [0.15, 0.2) is 0 Å². The molecule has 0 aromatic heterocycles. The molecule has 0 heterocycles. The van der Waals surface area contributed by atoms with Crippen LogP contribution in [-0.4, -0.2) is 15.8 Å². The van der Waals surface area contributed by atoms with E-state index in [0.29, 0.717) is 5.56 Å². The first-order valence-corrected chi connectivity index (χ1v) is 7.25. The van der Waals surface area contributed by atoms with E-state index in [4.69, 9.17) is 0 Å². The molecule has 0 radical (unpaired) electrons. The number of non-ortho nitro benzene ring substituents is 1. The Morgan fingerprint density at radius 2 is 1.85 bits per heavy atom. The van der Waals surface area contributed by atoms with Gasteiger partial charge in [-0.15, -0.1) is 0 Å². The molecule has 0 aliphatic carbocycles. The zero-order valence-electron chi connectivity index (χ0n) is 13.5. The van der Waals surface area contributed by atoms with Gasteiger partial charge in [0.1, 0.15) is 11.6 Å². The number of nitro benzene ring substituents is 2. The summed E-state index contributed by atoms with van der Waals surface area (Å²) < 4.78 is 0. The van der Waals surface area contributed by atoms with Crippen LogP contribution in [0.4, 0.5) is 17.1 Å². The SMILES string of the molecule is Cc1ccc([N+](=O)[O-])cc1NC(=O)/C(C#N)=C/c1ccccc1[N+](=O)[O-]. The summed E-state index contributed by atoms with van der Waals surface area (Å²) in [6.07, 6.45) is 1.10. The van der Waals surface area contributed by atoms with Crippen molar-refractivity contribution in [3.8, 4) is 6.07 Å². The second-order valence-corrected chi connectivity index (χ2v) is 5.20. The number of anilines is 1. The normalized spacial score (nSPS) is 10.7. The third-order valence-electron chi connectivity index (χ3n) is 3.48. The molecule has 0 aliphatic heterocycles. The van der Waals surface area contributed by atoms with Gasteiger partial charge in [0.25, 0.3) is 17.3 Å². The topological polar surface area (TPSA) is 139 Å². The standard InChI is InChI=1S/C17H12N4O5/c1-11-6-7-14(20(23)24)9-15(11)19-17(22)13(10-18)8-12-4-2-3-5-16(12)21(25)26/h2-9H,1H3,(H,19,22)/b13-8+. The molecule has 2 aromatic rings. The minimum atomic E-state index is -0.825. The highest BCUT2D eigenvalue weighted by Crippen LogP contribution is 2.24. The van der Waals surface area contributed by atoms with Crippen LogP contribution in [0.15, 0.2) is 48.0 Å². The Balaban J connectivity index is 2.37. The molecular weight excluding hydrogens is 340 g/mol. The number of benzene rings is 2. The molecule has 0 saturated carbocycles. The lowest BCUT2D eigenvalue weighted by molar-refractivity contribution is -0.385. The molecule has 26 heavy (non-hydrogen) atoms. The number of nitro groups is 2. The number of carbonyl (C=O) groups excluding carboxylic acids is 1. The van der Waals surface area contributed by atoms with E-state index in [1.807, 2.05) is 0 Å². The number of amides is 1. The van der Waals surface area contributed by atoms with E-state index in [2.05, 4.69) is 5.32 Å². The van der Waals surface area contributed by atoms with Gasteiger partial charge in [0, 0.05) is 18.2 Å². The quantitative estimate of drug-likeness (QED) is 0.379. The maximum absolute atomic E-state index is 12.3. The third kappa shape index (κ3) is 4.07. The van der Waals surface area contributed by atoms with Gasteiger partial charge in [0.05, 0.1) is 21.1 Å². The number of para-hydroxylation sites is 1. The van der Waals surface area contributed by atoms with Crippen molar-refractivity contribution < 1.29 is 14.6 Å². The molecule has 9 nitrogen and oxygen atoms in total. The zero-order valence-corrected chi connectivity index (χ0v) is 13.5. The minimum Gasteiger partial charge on any atom is -0.321 e. The second-order valence-electron chi connectivity index (χ2n) is 5.20. The van der Waals surface area contributed by atoms with Crippen molar-refractivity contribution in [2.45, 2.75) is 6.92 Å². The summed E-state index contributed by atoms with van der Waals surface area (Å²) >= 11 is 0. The average molecular weight is 352 g/mol. The van der Waals surface area contributed by atoms with Crippen LogP contribution in [0.1, 0.15) is 11.1 Å². The lowest BCUT2D eigenvalue weighted by Crippen LogP contribution is -2.14. The Hall–Kier alpha value is -4.06. The Morgan fingerprint density at radius 1 is 1.15 bits per heavy atom.